The summed E-state index contributed by atoms with van der Waals surface area (Å²) in [4.78, 5) is 1.14. The van der Waals surface area contributed by atoms with Crippen molar-refractivity contribution in [2.24, 2.45) is 5.92 Å². The molecule has 2 aromatic carbocycles. The van der Waals surface area contributed by atoms with Gasteiger partial charge >= 0.3 is 0 Å². The summed E-state index contributed by atoms with van der Waals surface area (Å²) in [6, 6.07) is 18.7. The lowest BCUT2D eigenvalue weighted by molar-refractivity contribution is 0.133. The number of hydrogen-bond acceptors (Lipinski definition) is 6. The molecular formula is C25H24N4O2S. The van der Waals surface area contributed by atoms with E-state index < -0.39 is 0 Å². The predicted molar refractivity (Wildman–Crippen MR) is 125 cm³/mol. The maximum absolute atomic E-state index is 6.20. The fourth-order valence-electron chi connectivity index (χ4n) is 5.02. The summed E-state index contributed by atoms with van der Waals surface area (Å²) in [7, 11) is 1.72. The molecule has 4 aromatic rings. The summed E-state index contributed by atoms with van der Waals surface area (Å²) >= 11 is 1.63. The summed E-state index contributed by atoms with van der Waals surface area (Å²) in [6.45, 7) is 5.29. The number of nitrogens with zero attached hydrogens (tertiary/aromatic N) is 3. The fraction of sp³-hybridized carbons (Fsp3) is 0.280. The highest BCUT2D eigenvalue weighted by atomic mass is 32.2. The Labute approximate surface area is 191 Å². The van der Waals surface area contributed by atoms with E-state index >= 15 is 0 Å². The molecule has 2 atom stereocenters. The number of pyridine rings is 1. The maximum Gasteiger partial charge on any atom is 0.200 e. The molecule has 0 amide bonds. The van der Waals surface area contributed by atoms with Crippen LogP contribution >= 0.6 is 11.8 Å². The van der Waals surface area contributed by atoms with Crippen molar-refractivity contribution in [3.05, 3.63) is 71.9 Å². The van der Waals surface area contributed by atoms with E-state index in [2.05, 4.69) is 47.6 Å². The third-order valence-corrected chi connectivity index (χ3v) is 7.74. The minimum atomic E-state index is -0.0900. The SMILES string of the molecule is COc1cccc2c1[C@H]1Nc3ccc(Sc4nnc5ccccn45)cc3C(C)(C)[C@H]1CO2. The molecule has 162 valence electrons. The Morgan fingerprint density at radius 1 is 1.12 bits per heavy atom. The largest absolute Gasteiger partial charge is 0.496 e. The molecule has 2 aliphatic heterocycles. The molecule has 7 heteroatoms. The third-order valence-electron chi connectivity index (χ3n) is 6.79. The molecule has 0 radical (unpaired) electrons. The van der Waals surface area contributed by atoms with Crippen molar-refractivity contribution < 1.29 is 9.47 Å². The zero-order valence-electron chi connectivity index (χ0n) is 18.2. The second-order valence-electron chi connectivity index (χ2n) is 8.85. The van der Waals surface area contributed by atoms with Crippen molar-refractivity contribution in [3.63, 3.8) is 0 Å². The smallest absolute Gasteiger partial charge is 0.200 e. The van der Waals surface area contributed by atoms with Gasteiger partial charge in [-0.1, -0.05) is 26.0 Å². The van der Waals surface area contributed by atoms with Gasteiger partial charge in [-0.2, -0.15) is 0 Å². The number of ether oxygens (including phenoxy) is 2. The lowest BCUT2D eigenvalue weighted by Gasteiger charge is -2.48. The molecule has 0 bridgehead atoms. The van der Waals surface area contributed by atoms with Crippen molar-refractivity contribution in [3.8, 4) is 11.5 Å². The average Bonchev–Trinajstić information content (AvgIpc) is 3.22. The number of aromatic nitrogens is 3. The van der Waals surface area contributed by atoms with E-state index in [0.717, 1.165) is 38.4 Å². The van der Waals surface area contributed by atoms with Crippen molar-refractivity contribution in [1.82, 2.24) is 14.6 Å². The number of nitrogens with one attached hydrogen (secondary N) is 1. The van der Waals surface area contributed by atoms with Crippen LogP contribution in [0, 0.1) is 5.92 Å². The van der Waals surface area contributed by atoms with Crippen molar-refractivity contribution in [2.45, 2.75) is 35.4 Å². The highest BCUT2D eigenvalue weighted by Crippen LogP contribution is 2.54. The first-order valence-corrected chi connectivity index (χ1v) is 11.6. The van der Waals surface area contributed by atoms with Crippen LogP contribution < -0.4 is 14.8 Å². The molecular weight excluding hydrogens is 420 g/mol. The summed E-state index contributed by atoms with van der Waals surface area (Å²) in [5.74, 6) is 2.05. The molecule has 0 aliphatic carbocycles. The van der Waals surface area contributed by atoms with Crippen molar-refractivity contribution in [1.29, 1.82) is 0 Å². The van der Waals surface area contributed by atoms with Crippen LogP contribution in [-0.4, -0.2) is 28.3 Å². The highest BCUT2D eigenvalue weighted by Gasteiger charge is 2.47. The molecule has 4 heterocycles. The minimum Gasteiger partial charge on any atom is -0.496 e. The van der Waals surface area contributed by atoms with Crippen LogP contribution in [0.2, 0.25) is 0 Å². The van der Waals surface area contributed by atoms with Gasteiger partial charge in [0.05, 0.1) is 25.3 Å². The number of anilines is 1. The molecule has 6 rings (SSSR count). The Kier molecular flexibility index (Phi) is 4.37. The Morgan fingerprint density at radius 2 is 2.03 bits per heavy atom. The minimum absolute atomic E-state index is 0.0900. The normalized spacial score (nSPS) is 20.5. The van der Waals surface area contributed by atoms with Crippen LogP contribution in [0.15, 0.2) is 70.8 Å². The van der Waals surface area contributed by atoms with E-state index in [-0.39, 0.29) is 17.4 Å². The Hall–Kier alpha value is -3.19. The van der Waals surface area contributed by atoms with Gasteiger partial charge in [0.1, 0.15) is 11.5 Å². The average molecular weight is 445 g/mol. The molecule has 0 saturated heterocycles. The van der Waals surface area contributed by atoms with Crippen LogP contribution in [0.5, 0.6) is 11.5 Å². The maximum atomic E-state index is 6.20. The third kappa shape index (κ3) is 2.88. The second-order valence-corrected chi connectivity index (χ2v) is 9.89. The predicted octanol–water partition coefficient (Wildman–Crippen LogP) is 5.34. The summed E-state index contributed by atoms with van der Waals surface area (Å²) in [6.07, 6.45) is 2.00. The fourth-order valence-corrected chi connectivity index (χ4v) is 5.87. The van der Waals surface area contributed by atoms with Gasteiger partial charge in [-0.25, -0.2) is 0 Å². The Balaban J connectivity index is 1.39. The second kappa shape index (κ2) is 7.17. The molecule has 0 saturated carbocycles. The standard InChI is InChI=1S/C25H24N4O2S/c1-25(2)16-13-15(32-24-28-27-21-9-4-5-12-29(21)24)10-11-18(16)26-23-17(25)14-31-20-8-6-7-19(30-3)22(20)23/h4-13,17,23,26H,14H2,1-3H3/t17-,23-/m0/s1. The summed E-state index contributed by atoms with van der Waals surface area (Å²) < 4.78 is 13.9. The van der Waals surface area contributed by atoms with E-state index in [1.165, 1.54) is 5.56 Å². The van der Waals surface area contributed by atoms with Gasteiger partial charge in [-0.15, -0.1) is 10.2 Å². The zero-order valence-corrected chi connectivity index (χ0v) is 19.0. The first-order valence-electron chi connectivity index (χ1n) is 10.7. The van der Waals surface area contributed by atoms with Crippen LogP contribution in [0.4, 0.5) is 5.69 Å². The van der Waals surface area contributed by atoms with E-state index in [4.69, 9.17) is 9.47 Å². The molecule has 2 aliphatic rings. The van der Waals surface area contributed by atoms with Crippen LogP contribution in [0.1, 0.15) is 31.0 Å². The molecule has 32 heavy (non-hydrogen) atoms. The number of fused-ring (bicyclic) bond motifs is 5. The van der Waals surface area contributed by atoms with Gasteiger partial charge in [-0.3, -0.25) is 4.40 Å². The van der Waals surface area contributed by atoms with Crippen LogP contribution in [0.3, 0.4) is 0 Å². The Morgan fingerprint density at radius 3 is 2.91 bits per heavy atom. The van der Waals surface area contributed by atoms with Gasteiger partial charge in [0, 0.05) is 28.1 Å². The molecule has 1 N–H and O–H groups in total. The van der Waals surface area contributed by atoms with Gasteiger partial charge < -0.3 is 14.8 Å². The number of hydrogen-bond donors (Lipinski definition) is 1. The van der Waals surface area contributed by atoms with Crippen molar-refractivity contribution >= 4 is 23.1 Å². The van der Waals surface area contributed by atoms with E-state index in [0.29, 0.717) is 6.61 Å². The molecule has 2 aromatic heterocycles. The molecule has 6 nitrogen and oxygen atoms in total. The van der Waals surface area contributed by atoms with E-state index in [1.807, 2.05) is 47.0 Å². The highest BCUT2D eigenvalue weighted by molar-refractivity contribution is 7.99. The summed E-state index contributed by atoms with van der Waals surface area (Å²) in [5.41, 5.74) is 4.32. The van der Waals surface area contributed by atoms with E-state index in [9.17, 15) is 0 Å². The van der Waals surface area contributed by atoms with Gasteiger partial charge in [-0.05, 0) is 59.8 Å². The molecule has 0 spiro atoms. The quantitative estimate of drug-likeness (QED) is 0.460. The Bertz CT molecular complexity index is 1320. The van der Waals surface area contributed by atoms with Crippen LogP contribution in [-0.2, 0) is 5.41 Å². The van der Waals surface area contributed by atoms with Crippen molar-refractivity contribution in [2.75, 3.05) is 19.0 Å². The van der Waals surface area contributed by atoms with E-state index in [1.54, 1.807) is 18.9 Å². The first kappa shape index (κ1) is 19.5. The number of methoxy groups -OCH3 is 1. The molecule has 0 unspecified atom stereocenters. The lowest BCUT2D eigenvalue weighted by atomic mass is 9.65. The number of rotatable bonds is 3. The van der Waals surface area contributed by atoms with Gasteiger partial charge in [0.15, 0.2) is 10.8 Å². The topological polar surface area (TPSA) is 60.7 Å². The van der Waals surface area contributed by atoms with Gasteiger partial charge in [0.25, 0.3) is 0 Å². The van der Waals surface area contributed by atoms with Crippen LogP contribution in [0.25, 0.3) is 5.65 Å². The lowest BCUT2D eigenvalue weighted by Crippen LogP contribution is -2.46. The first-order chi connectivity index (χ1) is 15.6. The van der Waals surface area contributed by atoms with Gasteiger partial charge in [0.2, 0.25) is 0 Å². The zero-order chi connectivity index (χ0) is 21.9. The summed E-state index contributed by atoms with van der Waals surface area (Å²) in [5, 5.41) is 13.3. The number of benzene rings is 2. The molecule has 0 fully saturated rings. The monoisotopic (exact) mass is 444 g/mol.